The molecule has 0 radical (unpaired) electrons. The van der Waals surface area contributed by atoms with E-state index in [4.69, 9.17) is 4.74 Å². The summed E-state index contributed by atoms with van der Waals surface area (Å²) in [4.78, 5) is 23.6. The Hall–Kier alpha value is -1.42. The molecule has 2 rings (SSSR count). The first-order chi connectivity index (χ1) is 7.63. The van der Waals surface area contributed by atoms with E-state index in [1.165, 1.54) is 6.08 Å². The van der Waals surface area contributed by atoms with Crippen LogP contribution in [0.5, 0.6) is 0 Å². The van der Waals surface area contributed by atoms with Crippen LogP contribution in [0.2, 0.25) is 0 Å². The molecule has 0 aliphatic heterocycles. The average molecular weight is 281 g/mol. The first-order valence-corrected chi connectivity index (χ1v) is 5.66. The van der Waals surface area contributed by atoms with Crippen LogP contribution in [-0.2, 0) is 4.74 Å². The van der Waals surface area contributed by atoms with Crippen molar-refractivity contribution in [3.05, 3.63) is 45.6 Å². The largest absolute Gasteiger partial charge is 0.490 e. The Kier molecular flexibility index (Phi) is 2.92. The van der Waals surface area contributed by atoms with Crippen molar-refractivity contribution in [2.45, 2.75) is 6.92 Å². The number of rotatable bonds is 2. The average Bonchev–Trinajstić information content (AvgIpc) is 2.26. The van der Waals surface area contributed by atoms with E-state index in [1.54, 1.807) is 25.1 Å². The number of benzene rings is 1. The van der Waals surface area contributed by atoms with Gasteiger partial charge < -0.3 is 4.74 Å². The predicted octanol–water partition coefficient (Wildman–Crippen LogP) is 2.75. The first kappa shape index (κ1) is 11.1. The standard InChI is InChI=1S/C12H9BrO3/c1-2-16-11-6-10(14)9-5-7(13)3-4-8(9)12(11)15/h3-6H,2H2,1H3. The van der Waals surface area contributed by atoms with Gasteiger partial charge in [-0.15, -0.1) is 0 Å². The normalized spacial score (nSPS) is 14.5. The highest BCUT2D eigenvalue weighted by atomic mass is 79.9. The van der Waals surface area contributed by atoms with Gasteiger partial charge in [0.15, 0.2) is 11.5 Å². The van der Waals surface area contributed by atoms with Gasteiger partial charge in [-0.2, -0.15) is 0 Å². The number of Topliss-reactive ketones (excluding diaryl/α,β-unsaturated/α-hetero) is 1. The van der Waals surface area contributed by atoms with E-state index in [1.807, 2.05) is 0 Å². The van der Waals surface area contributed by atoms with Crippen LogP contribution >= 0.6 is 15.9 Å². The molecule has 0 unspecified atom stereocenters. The maximum atomic E-state index is 11.9. The number of hydrogen-bond donors (Lipinski definition) is 0. The van der Waals surface area contributed by atoms with Gasteiger partial charge >= 0.3 is 0 Å². The van der Waals surface area contributed by atoms with Crippen molar-refractivity contribution in [2.75, 3.05) is 6.61 Å². The summed E-state index contributed by atoms with van der Waals surface area (Å²) < 4.78 is 5.91. The first-order valence-electron chi connectivity index (χ1n) is 4.86. The molecule has 0 heterocycles. The Morgan fingerprint density at radius 1 is 1.25 bits per heavy atom. The zero-order chi connectivity index (χ0) is 11.7. The maximum Gasteiger partial charge on any atom is 0.228 e. The molecule has 0 atom stereocenters. The fraction of sp³-hybridized carbons (Fsp3) is 0.167. The number of ketones is 2. The zero-order valence-corrected chi connectivity index (χ0v) is 10.2. The van der Waals surface area contributed by atoms with Crippen LogP contribution in [0.3, 0.4) is 0 Å². The van der Waals surface area contributed by atoms with E-state index in [9.17, 15) is 9.59 Å². The highest BCUT2D eigenvalue weighted by Crippen LogP contribution is 2.24. The van der Waals surface area contributed by atoms with E-state index in [0.717, 1.165) is 4.47 Å². The summed E-state index contributed by atoms with van der Waals surface area (Å²) in [6.07, 6.45) is 1.25. The van der Waals surface area contributed by atoms with Gasteiger partial charge in [-0.25, -0.2) is 0 Å². The number of ether oxygens (including phenoxy) is 1. The minimum Gasteiger partial charge on any atom is -0.490 e. The van der Waals surface area contributed by atoms with Gasteiger partial charge in [0, 0.05) is 21.7 Å². The van der Waals surface area contributed by atoms with Crippen LogP contribution in [0.25, 0.3) is 0 Å². The van der Waals surface area contributed by atoms with Gasteiger partial charge in [-0.05, 0) is 25.1 Å². The summed E-state index contributed by atoms with van der Waals surface area (Å²) in [6, 6.07) is 5.01. The van der Waals surface area contributed by atoms with Crippen LogP contribution in [0.4, 0.5) is 0 Å². The number of carbonyl (C=O) groups excluding carboxylic acids is 2. The lowest BCUT2D eigenvalue weighted by Crippen LogP contribution is -2.18. The summed E-state index contributed by atoms with van der Waals surface area (Å²) in [5.74, 6) is -0.300. The van der Waals surface area contributed by atoms with E-state index in [2.05, 4.69) is 15.9 Å². The fourth-order valence-corrected chi connectivity index (χ4v) is 1.94. The molecule has 1 aliphatic carbocycles. The van der Waals surface area contributed by atoms with Gasteiger partial charge in [0.05, 0.1) is 6.61 Å². The van der Waals surface area contributed by atoms with Crippen molar-refractivity contribution < 1.29 is 14.3 Å². The van der Waals surface area contributed by atoms with Gasteiger partial charge in [0.25, 0.3) is 0 Å². The number of hydrogen-bond acceptors (Lipinski definition) is 3. The van der Waals surface area contributed by atoms with E-state index in [0.29, 0.717) is 17.7 Å². The van der Waals surface area contributed by atoms with E-state index < -0.39 is 0 Å². The predicted molar refractivity (Wildman–Crippen MR) is 62.5 cm³/mol. The zero-order valence-electron chi connectivity index (χ0n) is 8.62. The monoisotopic (exact) mass is 280 g/mol. The van der Waals surface area contributed by atoms with Crippen molar-refractivity contribution >= 4 is 27.5 Å². The van der Waals surface area contributed by atoms with Crippen molar-refractivity contribution in [1.82, 2.24) is 0 Å². The van der Waals surface area contributed by atoms with Crippen molar-refractivity contribution in [3.63, 3.8) is 0 Å². The summed E-state index contributed by atoms with van der Waals surface area (Å²) in [5.41, 5.74) is 0.821. The van der Waals surface area contributed by atoms with Crippen LogP contribution in [0.1, 0.15) is 27.6 Å². The molecular weight excluding hydrogens is 272 g/mol. The van der Waals surface area contributed by atoms with E-state index in [-0.39, 0.29) is 17.3 Å². The fourth-order valence-electron chi connectivity index (χ4n) is 1.58. The molecule has 82 valence electrons. The second-order valence-corrected chi connectivity index (χ2v) is 4.24. The Labute approximate surface area is 101 Å². The lowest BCUT2D eigenvalue weighted by molar-refractivity contribution is 0.0892. The highest BCUT2D eigenvalue weighted by Gasteiger charge is 2.26. The Morgan fingerprint density at radius 2 is 2.00 bits per heavy atom. The molecule has 0 fully saturated rings. The lowest BCUT2D eigenvalue weighted by Gasteiger charge is -2.15. The SMILES string of the molecule is CCOC1=CC(=O)c2cc(Br)ccc2C1=O. The summed E-state index contributed by atoms with van der Waals surface area (Å²) in [7, 11) is 0. The van der Waals surface area contributed by atoms with Crippen LogP contribution in [-0.4, -0.2) is 18.2 Å². The number of fused-ring (bicyclic) bond motifs is 1. The van der Waals surface area contributed by atoms with Gasteiger partial charge in [-0.3, -0.25) is 9.59 Å². The molecule has 0 saturated carbocycles. The van der Waals surface area contributed by atoms with Crippen molar-refractivity contribution in [3.8, 4) is 0 Å². The van der Waals surface area contributed by atoms with Crippen LogP contribution in [0, 0.1) is 0 Å². The van der Waals surface area contributed by atoms with Crippen molar-refractivity contribution in [1.29, 1.82) is 0 Å². The maximum absolute atomic E-state index is 11.9. The lowest BCUT2D eigenvalue weighted by atomic mass is 9.94. The third kappa shape index (κ3) is 1.80. The number of allylic oxidation sites excluding steroid dienone is 2. The topological polar surface area (TPSA) is 43.4 Å². The Morgan fingerprint density at radius 3 is 2.69 bits per heavy atom. The molecule has 1 aromatic rings. The minimum atomic E-state index is -0.232. The van der Waals surface area contributed by atoms with Crippen LogP contribution in [0.15, 0.2) is 34.5 Å². The molecule has 0 N–H and O–H groups in total. The molecule has 0 saturated heterocycles. The summed E-state index contributed by atoms with van der Waals surface area (Å²) in [5, 5.41) is 0. The third-order valence-electron chi connectivity index (χ3n) is 2.28. The molecule has 0 bridgehead atoms. The number of carbonyl (C=O) groups is 2. The Balaban J connectivity index is 2.51. The van der Waals surface area contributed by atoms with Gasteiger partial charge in [0.1, 0.15) is 0 Å². The quantitative estimate of drug-likeness (QED) is 0.837. The molecule has 0 spiro atoms. The Bertz CT molecular complexity index is 503. The molecule has 3 nitrogen and oxygen atoms in total. The van der Waals surface area contributed by atoms with Gasteiger partial charge in [0.2, 0.25) is 5.78 Å². The summed E-state index contributed by atoms with van der Waals surface area (Å²) in [6.45, 7) is 2.15. The smallest absolute Gasteiger partial charge is 0.228 e. The third-order valence-corrected chi connectivity index (χ3v) is 2.77. The molecular formula is C12H9BrO3. The van der Waals surface area contributed by atoms with Crippen LogP contribution < -0.4 is 0 Å². The molecule has 0 aromatic heterocycles. The molecule has 4 heteroatoms. The summed E-state index contributed by atoms with van der Waals surface area (Å²) >= 11 is 3.27. The molecule has 0 amide bonds. The van der Waals surface area contributed by atoms with Gasteiger partial charge in [-0.1, -0.05) is 15.9 Å². The minimum absolute atomic E-state index is 0.127. The number of halogens is 1. The van der Waals surface area contributed by atoms with Crippen molar-refractivity contribution in [2.24, 2.45) is 0 Å². The van der Waals surface area contributed by atoms with E-state index >= 15 is 0 Å². The molecule has 1 aliphatic rings. The highest BCUT2D eigenvalue weighted by molar-refractivity contribution is 9.10. The second-order valence-electron chi connectivity index (χ2n) is 3.32. The second kappa shape index (κ2) is 4.22. The molecule has 16 heavy (non-hydrogen) atoms. The molecule has 1 aromatic carbocycles.